The van der Waals surface area contributed by atoms with E-state index in [-0.39, 0.29) is 11.8 Å². The van der Waals surface area contributed by atoms with Crippen LogP contribution in [0.3, 0.4) is 0 Å². The second kappa shape index (κ2) is 4.42. The highest BCUT2D eigenvalue weighted by molar-refractivity contribution is 7.16. The molecule has 2 heterocycles. The van der Waals surface area contributed by atoms with E-state index in [9.17, 15) is 4.79 Å². The molecule has 0 unspecified atom stereocenters. The minimum atomic E-state index is 0.0318. The molecule has 2 N–H and O–H groups in total. The van der Waals surface area contributed by atoms with Crippen LogP contribution in [0.15, 0.2) is 30.3 Å². The maximum atomic E-state index is 11.7. The number of nitrogens with zero attached hydrogens (tertiary/aromatic N) is 1. The lowest BCUT2D eigenvalue weighted by Gasteiger charge is -2.21. The lowest BCUT2D eigenvalue weighted by atomic mass is 9.92. The first kappa shape index (κ1) is 11.2. The Bertz CT molecular complexity index is 579. The predicted molar refractivity (Wildman–Crippen MR) is 73.2 cm³/mol. The number of fused-ring (bicyclic) bond motifs is 1. The summed E-state index contributed by atoms with van der Waals surface area (Å²) in [4.78, 5) is 17.2. The number of anilines is 2. The molecule has 0 spiro atoms. The quantitative estimate of drug-likeness (QED) is 0.871. The summed E-state index contributed by atoms with van der Waals surface area (Å²) in [6.45, 7) is 0. The lowest BCUT2D eigenvalue weighted by Crippen LogP contribution is -2.22. The predicted octanol–water partition coefficient (Wildman–Crippen LogP) is 2.66. The molecular formula is C13H13N3OS. The van der Waals surface area contributed by atoms with Crippen LogP contribution in [-0.4, -0.2) is 17.9 Å². The number of hydrogen-bond acceptors (Lipinski definition) is 4. The molecule has 1 aliphatic heterocycles. The Hall–Kier alpha value is -1.88. The van der Waals surface area contributed by atoms with Gasteiger partial charge in [-0.05, 0) is 5.56 Å². The first-order valence-electron chi connectivity index (χ1n) is 5.81. The number of amides is 1. The molecule has 18 heavy (non-hydrogen) atoms. The summed E-state index contributed by atoms with van der Waals surface area (Å²) in [6.07, 6.45) is 0.488. The van der Waals surface area contributed by atoms with Gasteiger partial charge in [0.05, 0.1) is 4.88 Å². The monoisotopic (exact) mass is 259 g/mol. The van der Waals surface area contributed by atoms with E-state index in [1.54, 1.807) is 11.3 Å². The minimum absolute atomic E-state index is 0.0318. The molecule has 92 valence electrons. The molecule has 0 radical (unpaired) electrons. The summed E-state index contributed by atoms with van der Waals surface area (Å²) in [6, 6.07) is 10.1. The van der Waals surface area contributed by atoms with Crippen LogP contribution in [0.1, 0.15) is 22.8 Å². The molecule has 1 amide bonds. The zero-order valence-corrected chi connectivity index (χ0v) is 10.8. The van der Waals surface area contributed by atoms with E-state index in [0.29, 0.717) is 12.2 Å². The van der Waals surface area contributed by atoms with Gasteiger partial charge < -0.3 is 10.6 Å². The molecule has 1 aromatic heterocycles. The van der Waals surface area contributed by atoms with Crippen molar-refractivity contribution in [2.45, 2.75) is 12.3 Å². The molecular weight excluding hydrogens is 246 g/mol. The van der Waals surface area contributed by atoms with E-state index in [2.05, 4.69) is 27.8 Å². The van der Waals surface area contributed by atoms with Crippen LogP contribution in [0.5, 0.6) is 0 Å². The Morgan fingerprint density at radius 3 is 2.89 bits per heavy atom. The number of carbonyl (C=O) groups excluding carboxylic acids is 1. The number of benzene rings is 1. The number of aromatic nitrogens is 1. The van der Waals surface area contributed by atoms with Crippen molar-refractivity contribution in [1.29, 1.82) is 0 Å². The molecule has 5 heteroatoms. The fourth-order valence-electron chi connectivity index (χ4n) is 2.18. The molecule has 1 aromatic carbocycles. The van der Waals surface area contributed by atoms with Gasteiger partial charge in [0.2, 0.25) is 5.91 Å². The Morgan fingerprint density at radius 2 is 2.17 bits per heavy atom. The van der Waals surface area contributed by atoms with Gasteiger partial charge in [-0.3, -0.25) is 4.79 Å². The third-order valence-electron chi connectivity index (χ3n) is 3.03. The maximum absolute atomic E-state index is 11.7. The van der Waals surface area contributed by atoms with Gasteiger partial charge in [-0.2, -0.15) is 0 Å². The first-order valence-corrected chi connectivity index (χ1v) is 6.63. The van der Waals surface area contributed by atoms with Crippen molar-refractivity contribution in [3.8, 4) is 0 Å². The van der Waals surface area contributed by atoms with E-state index >= 15 is 0 Å². The number of thiazole rings is 1. The molecule has 0 bridgehead atoms. The smallest absolute Gasteiger partial charge is 0.226 e. The molecule has 0 aliphatic carbocycles. The third-order valence-corrected chi connectivity index (χ3v) is 4.22. The minimum Gasteiger partial charge on any atom is -0.365 e. The Morgan fingerprint density at radius 1 is 1.39 bits per heavy atom. The average Bonchev–Trinajstić information content (AvgIpc) is 2.81. The van der Waals surface area contributed by atoms with Gasteiger partial charge in [-0.25, -0.2) is 4.98 Å². The zero-order valence-electron chi connectivity index (χ0n) is 9.93. The highest BCUT2D eigenvalue weighted by Crippen LogP contribution is 2.41. The maximum Gasteiger partial charge on any atom is 0.226 e. The van der Waals surface area contributed by atoms with Crippen LogP contribution in [-0.2, 0) is 4.79 Å². The molecule has 2 aromatic rings. The van der Waals surface area contributed by atoms with Crippen molar-refractivity contribution >= 4 is 28.2 Å². The summed E-state index contributed by atoms with van der Waals surface area (Å²) >= 11 is 1.60. The van der Waals surface area contributed by atoms with Crippen LogP contribution in [0, 0.1) is 0 Å². The highest BCUT2D eigenvalue weighted by atomic mass is 32.1. The molecule has 0 fully saturated rings. The van der Waals surface area contributed by atoms with Crippen molar-refractivity contribution in [2.24, 2.45) is 0 Å². The summed E-state index contributed by atoms with van der Waals surface area (Å²) in [5, 5.41) is 6.70. The highest BCUT2D eigenvalue weighted by Gasteiger charge is 2.29. The normalized spacial score (nSPS) is 18.1. The van der Waals surface area contributed by atoms with Gasteiger partial charge >= 0.3 is 0 Å². The fourth-order valence-corrected chi connectivity index (χ4v) is 3.18. The van der Waals surface area contributed by atoms with Crippen LogP contribution < -0.4 is 10.6 Å². The Labute approximate surface area is 109 Å². The second-order valence-corrected chi connectivity index (χ2v) is 5.23. The van der Waals surface area contributed by atoms with Crippen molar-refractivity contribution < 1.29 is 4.79 Å². The molecule has 3 rings (SSSR count). The second-order valence-electron chi connectivity index (χ2n) is 4.20. The van der Waals surface area contributed by atoms with Gasteiger partial charge in [0, 0.05) is 19.4 Å². The molecule has 4 nitrogen and oxygen atoms in total. The summed E-state index contributed by atoms with van der Waals surface area (Å²) < 4.78 is 0. The van der Waals surface area contributed by atoms with Gasteiger partial charge in [0.25, 0.3) is 0 Å². The van der Waals surface area contributed by atoms with Crippen LogP contribution >= 0.6 is 11.3 Å². The third kappa shape index (κ3) is 1.86. The van der Waals surface area contributed by atoms with E-state index in [1.807, 2.05) is 25.2 Å². The topological polar surface area (TPSA) is 54.0 Å². The average molecular weight is 259 g/mol. The van der Waals surface area contributed by atoms with Gasteiger partial charge in [-0.1, -0.05) is 41.7 Å². The number of hydrogen-bond donors (Lipinski definition) is 2. The van der Waals surface area contributed by atoms with Gasteiger partial charge in [0.1, 0.15) is 5.82 Å². The summed E-state index contributed by atoms with van der Waals surface area (Å²) in [7, 11) is 1.84. The van der Waals surface area contributed by atoms with Crippen molar-refractivity contribution in [1.82, 2.24) is 4.98 Å². The number of carbonyl (C=O) groups is 1. The van der Waals surface area contributed by atoms with Crippen molar-refractivity contribution in [3.63, 3.8) is 0 Å². The Balaban J connectivity index is 2.07. The number of rotatable bonds is 2. The van der Waals surface area contributed by atoms with Crippen LogP contribution in [0.4, 0.5) is 10.9 Å². The van der Waals surface area contributed by atoms with Gasteiger partial charge in [0.15, 0.2) is 5.13 Å². The largest absolute Gasteiger partial charge is 0.365 e. The van der Waals surface area contributed by atoms with E-state index in [1.165, 1.54) is 5.56 Å². The molecule has 1 atom stereocenters. The van der Waals surface area contributed by atoms with E-state index < -0.39 is 0 Å². The molecule has 0 saturated carbocycles. The van der Waals surface area contributed by atoms with Crippen LogP contribution in [0.25, 0.3) is 0 Å². The fraction of sp³-hybridized carbons (Fsp3) is 0.231. The number of nitrogens with one attached hydrogen (secondary N) is 2. The van der Waals surface area contributed by atoms with E-state index in [0.717, 1.165) is 10.0 Å². The zero-order chi connectivity index (χ0) is 12.5. The SMILES string of the molecule is CNc1nc2c(s1)[C@@H](c1ccccc1)CC(=O)N2. The summed E-state index contributed by atoms with van der Waals surface area (Å²) in [5.41, 5.74) is 1.17. The molecule has 1 aliphatic rings. The van der Waals surface area contributed by atoms with E-state index in [4.69, 9.17) is 0 Å². The van der Waals surface area contributed by atoms with Gasteiger partial charge in [-0.15, -0.1) is 0 Å². The first-order chi connectivity index (χ1) is 8.78. The lowest BCUT2D eigenvalue weighted by molar-refractivity contribution is -0.116. The molecule has 0 saturated heterocycles. The summed E-state index contributed by atoms with van der Waals surface area (Å²) in [5.74, 6) is 0.855. The van der Waals surface area contributed by atoms with Crippen molar-refractivity contribution in [2.75, 3.05) is 17.7 Å². The van der Waals surface area contributed by atoms with Crippen LogP contribution in [0.2, 0.25) is 0 Å². The Kier molecular flexibility index (Phi) is 2.76. The standard InChI is InChI=1S/C13H13N3OS/c1-14-13-16-12-11(18-13)9(7-10(17)15-12)8-5-3-2-4-6-8/h2-6,9H,7H2,1H3,(H,14,16)(H,15,17)/t9-/m1/s1. The van der Waals surface area contributed by atoms with Crippen molar-refractivity contribution in [3.05, 3.63) is 40.8 Å².